The highest BCUT2D eigenvalue weighted by Gasteiger charge is 2.34. The highest BCUT2D eigenvalue weighted by Crippen LogP contribution is 2.38. The van der Waals surface area contributed by atoms with Gasteiger partial charge in [0.25, 0.3) is 5.70 Å². The number of nitrogens with zero attached hydrogens (tertiary/aromatic N) is 1. The molecule has 0 bridgehead atoms. The largest absolute Gasteiger partial charge is 0.497 e. The zero-order valence-corrected chi connectivity index (χ0v) is 15.1. The minimum atomic E-state index is -1.51. The Labute approximate surface area is 163 Å². The van der Waals surface area contributed by atoms with E-state index in [1.165, 1.54) is 13.2 Å². The third-order valence-electron chi connectivity index (χ3n) is 4.86. The van der Waals surface area contributed by atoms with Crippen molar-refractivity contribution in [3.05, 3.63) is 92.4 Å². The molecule has 0 saturated heterocycles. The van der Waals surface area contributed by atoms with Crippen LogP contribution in [0.25, 0.3) is 16.8 Å². The summed E-state index contributed by atoms with van der Waals surface area (Å²) in [5.74, 6) is -3.26. The van der Waals surface area contributed by atoms with Gasteiger partial charge < -0.3 is 9.47 Å². The van der Waals surface area contributed by atoms with Crippen LogP contribution in [-0.2, 0) is 11.3 Å². The smallest absolute Gasteiger partial charge is 0.280 e. The number of hydrogen-bond acceptors (Lipinski definition) is 4. The number of ether oxygens (including phenoxy) is 2. The Morgan fingerprint density at radius 2 is 1.79 bits per heavy atom. The maximum atomic E-state index is 14.3. The quantitative estimate of drug-likeness (QED) is 0.346. The minimum Gasteiger partial charge on any atom is -0.497 e. The van der Waals surface area contributed by atoms with E-state index in [4.69, 9.17) is 9.47 Å². The Hall–Kier alpha value is -3.39. The first-order chi connectivity index (χ1) is 13.9. The van der Waals surface area contributed by atoms with Gasteiger partial charge in [-0.05, 0) is 40.1 Å². The lowest BCUT2D eigenvalue weighted by molar-refractivity contribution is -0.436. The van der Waals surface area contributed by atoms with Gasteiger partial charge in [0.1, 0.15) is 11.6 Å². The van der Waals surface area contributed by atoms with Gasteiger partial charge in [0, 0.05) is 17.7 Å². The van der Waals surface area contributed by atoms with Gasteiger partial charge in [-0.3, -0.25) is 10.1 Å². The number of methoxy groups -OCH3 is 1. The normalized spacial score (nSPS) is 16.1. The molecule has 3 aromatic carbocycles. The maximum Gasteiger partial charge on any atom is 0.280 e. The predicted octanol–water partition coefficient (Wildman–Crippen LogP) is 5.15. The molecule has 1 heterocycles. The van der Waals surface area contributed by atoms with Crippen LogP contribution in [0.4, 0.5) is 13.2 Å². The second-order valence-corrected chi connectivity index (χ2v) is 6.53. The number of nitro groups is 1. The van der Waals surface area contributed by atoms with Crippen molar-refractivity contribution < 1.29 is 27.6 Å². The van der Waals surface area contributed by atoms with Crippen molar-refractivity contribution in [3.63, 3.8) is 0 Å². The number of halogens is 3. The predicted molar refractivity (Wildman–Crippen MR) is 99.3 cm³/mol. The number of fused-ring (bicyclic) bond motifs is 3. The molecule has 0 aliphatic carbocycles. The van der Waals surface area contributed by atoms with Gasteiger partial charge in [-0.2, -0.15) is 0 Å². The summed E-state index contributed by atoms with van der Waals surface area (Å²) in [6.45, 7) is -0.0839. The Bertz CT molecular complexity index is 1180. The fourth-order valence-electron chi connectivity index (χ4n) is 3.41. The lowest BCUT2D eigenvalue weighted by Crippen LogP contribution is -2.14. The first kappa shape index (κ1) is 18.9. The van der Waals surface area contributed by atoms with Gasteiger partial charge in [0.2, 0.25) is 0 Å². The van der Waals surface area contributed by atoms with E-state index in [2.05, 4.69) is 0 Å². The zero-order valence-electron chi connectivity index (χ0n) is 15.1. The van der Waals surface area contributed by atoms with Crippen molar-refractivity contribution in [3.8, 4) is 5.75 Å². The standard InChI is InChI=1S/C21H14F3NO4/c1-28-13-5-4-11-2-3-12-10-29-21(16-7-18(23)19(24)9-17(16)22)20(25(26)27)8-15(12)14(11)6-13/h2-9,21H,10H2,1H3/t21-/m1/s1. The number of hydrogen-bond donors (Lipinski definition) is 0. The molecule has 4 rings (SSSR count). The number of rotatable bonds is 3. The summed E-state index contributed by atoms with van der Waals surface area (Å²) >= 11 is 0. The lowest BCUT2D eigenvalue weighted by atomic mass is 9.97. The number of benzene rings is 3. The van der Waals surface area contributed by atoms with Gasteiger partial charge in [-0.1, -0.05) is 18.2 Å². The lowest BCUT2D eigenvalue weighted by Gasteiger charge is -2.15. The molecule has 3 aromatic rings. The van der Waals surface area contributed by atoms with Crippen LogP contribution < -0.4 is 4.74 Å². The summed E-state index contributed by atoms with van der Waals surface area (Å²) in [6.07, 6.45) is -0.219. The molecule has 148 valence electrons. The second kappa shape index (κ2) is 7.21. The third kappa shape index (κ3) is 3.31. The highest BCUT2D eigenvalue weighted by atomic mass is 19.2. The summed E-state index contributed by atoms with van der Waals surface area (Å²) in [6, 6.07) is 9.83. The van der Waals surface area contributed by atoms with Crippen LogP contribution in [0.1, 0.15) is 22.8 Å². The van der Waals surface area contributed by atoms with Gasteiger partial charge >= 0.3 is 0 Å². The molecule has 0 fully saturated rings. The fourth-order valence-corrected chi connectivity index (χ4v) is 3.41. The van der Waals surface area contributed by atoms with Crippen molar-refractivity contribution in [1.29, 1.82) is 0 Å². The fraction of sp³-hybridized carbons (Fsp3) is 0.143. The van der Waals surface area contributed by atoms with E-state index in [0.717, 1.165) is 5.39 Å². The van der Waals surface area contributed by atoms with E-state index in [-0.39, 0.29) is 6.61 Å². The van der Waals surface area contributed by atoms with Crippen molar-refractivity contribution in [2.24, 2.45) is 0 Å². The molecule has 8 heteroatoms. The van der Waals surface area contributed by atoms with Crippen LogP contribution in [0.5, 0.6) is 5.75 Å². The van der Waals surface area contributed by atoms with Crippen LogP contribution in [0.2, 0.25) is 0 Å². The van der Waals surface area contributed by atoms with Gasteiger partial charge in [-0.25, -0.2) is 13.2 Å². The molecule has 1 aliphatic rings. The average molecular weight is 401 g/mol. The summed E-state index contributed by atoms with van der Waals surface area (Å²) in [7, 11) is 1.51. The first-order valence-corrected chi connectivity index (χ1v) is 8.60. The summed E-state index contributed by atoms with van der Waals surface area (Å²) in [5.41, 5.74) is 0.236. The Morgan fingerprint density at radius 3 is 2.52 bits per heavy atom. The van der Waals surface area contributed by atoms with E-state index in [1.807, 2.05) is 12.1 Å². The molecule has 0 saturated carbocycles. The van der Waals surface area contributed by atoms with Crippen molar-refractivity contribution >= 4 is 16.8 Å². The molecular formula is C21H14F3NO4. The van der Waals surface area contributed by atoms with E-state index < -0.39 is 39.7 Å². The molecule has 0 amide bonds. The van der Waals surface area contributed by atoms with Crippen LogP contribution >= 0.6 is 0 Å². The molecule has 0 spiro atoms. The molecule has 0 unspecified atom stereocenters. The summed E-state index contributed by atoms with van der Waals surface area (Å²) < 4.78 is 52.2. The van der Waals surface area contributed by atoms with Gasteiger partial charge in [-0.15, -0.1) is 0 Å². The monoisotopic (exact) mass is 401 g/mol. The zero-order chi connectivity index (χ0) is 20.7. The summed E-state index contributed by atoms with van der Waals surface area (Å²) in [5, 5.41) is 13.3. The minimum absolute atomic E-state index is 0.0839. The molecule has 5 nitrogen and oxygen atoms in total. The molecule has 1 aliphatic heterocycles. The van der Waals surface area contributed by atoms with Crippen molar-refractivity contribution in [2.75, 3.05) is 7.11 Å². The molecule has 0 radical (unpaired) electrons. The van der Waals surface area contributed by atoms with Crippen LogP contribution in [0.15, 0.2) is 48.2 Å². The van der Waals surface area contributed by atoms with E-state index in [0.29, 0.717) is 34.4 Å². The molecule has 29 heavy (non-hydrogen) atoms. The van der Waals surface area contributed by atoms with E-state index in [9.17, 15) is 23.3 Å². The maximum absolute atomic E-state index is 14.3. The van der Waals surface area contributed by atoms with E-state index in [1.54, 1.807) is 18.2 Å². The second-order valence-electron chi connectivity index (χ2n) is 6.53. The van der Waals surface area contributed by atoms with Gasteiger partial charge in [0.05, 0.1) is 18.6 Å². The van der Waals surface area contributed by atoms with Crippen molar-refractivity contribution in [1.82, 2.24) is 0 Å². The molecule has 0 aromatic heterocycles. The van der Waals surface area contributed by atoms with Crippen LogP contribution in [0, 0.1) is 27.6 Å². The summed E-state index contributed by atoms with van der Waals surface area (Å²) in [4.78, 5) is 11.1. The first-order valence-electron chi connectivity index (χ1n) is 8.60. The van der Waals surface area contributed by atoms with Crippen LogP contribution in [0.3, 0.4) is 0 Å². The van der Waals surface area contributed by atoms with Gasteiger partial charge in [0.15, 0.2) is 17.7 Å². The Morgan fingerprint density at radius 1 is 1.07 bits per heavy atom. The molecular weight excluding hydrogens is 387 g/mol. The third-order valence-corrected chi connectivity index (χ3v) is 4.86. The van der Waals surface area contributed by atoms with Crippen LogP contribution in [-0.4, -0.2) is 12.0 Å². The average Bonchev–Trinajstić information content (AvgIpc) is 2.90. The SMILES string of the molecule is COc1ccc2ccc3c(c2c1)C=C([N+](=O)[O-])[C@@H](c1cc(F)c(F)cc1F)OC3. The van der Waals surface area contributed by atoms with Crippen molar-refractivity contribution in [2.45, 2.75) is 12.7 Å². The molecule has 0 N–H and O–H groups in total. The Kier molecular flexibility index (Phi) is 4.71. The topological polar surface area (TPSA) is 61.6 Å². The highest BCUT2D eigenvalue weighted by molar-refractivity contribution is 5.93. The Balaban J connectivity index is 1.93. The molecule has 1 atom stereocenters. The van der Waals surface area contributed by atoms with E-state index >= 15 is 0 Å².